The quantitative estimate of drug-likeness (QED) is 0.768. The molecule has 3 N–H and O–H groups in total. The zero-order valence-electron chi connectivity index (χ0n) is 7.23. The van der Waals surface area contributed by atoms with Gasteiger partial charge in [0.05, 0.1) is 4.88 Å². The van der Waals surface area contributed by atoms with Gasteiger partial charge in [-0.3, -0.25) is 0 Å². The van der Waals surface area contributed by atoms with Gasteiger partial charge in [0.15, 0.2) is 0 Å². The molecule has 1 aromatic heterocycles. The Labute approximate surface area is 81.1 Å². The third kappa shape index (κ3) is 1.76. The molecular formula is C10H11N2S+. The molecule has 2 nitrogen and oxygen atoms in total. The van der Waals surface area contributed by atoms with Crippen molar-refractivity contribution in [2.45, 2.75) is 6.54 Å². The molecule has 0 aliphatic heterocycles. The number of rotatable bonds is 2. The first kappa shape index (κ1) is 8.41. The minimum Gasteiger partial charge on any atom is -0.353 e. The van der Waals surface area contributed by atoms with Gasteiger partial charge in [0.2, 0.25) is 0 Å². The summed E-state index contributed by atoms with van der Waals surface area (Å²) in [6, 6.07) is 10.2. The molecule has 2 aromatic rings. The Hall–Kier alpha value is -1.19. The van der Waals surface area contributed by atoms with Crippen LogP contribution in [0.2, 0.25) is 0 Å². The molecule has 0 spiro atoms. The molecule has 0 atom stereocenters. The number of aromatic nitrogens is 1. The summed E-state index contributed by atoms with van der Waals surface area (Å²) < 4.78 is 0. The normalized spacial score (nSPS) is 10.2. The molecule has 3 heteroatoms. The average Bonchev–Trinajstić information content (AvgIpc) is 2.67. The number of nitrogens with zero attached hydrogens (tertiary/aromatic N) is 1. The number of benzene rings is 1. The van der Waals surface area contributed by atoms with E-state index in [-0.39, 0.29) is 0 Å². The highest BCUT2D eigenvalue weighted by Crippen LogP contribution is 2.23. The maximum atomic E-state index is 4.34. The molecule has 13 heavy (non-hydrogen) atoms. The number of quaternary nitrogens is 1. The Balaban J connectivity index is 2.36. The minimum absolute atomic E-state index is 0.824. The fourth-order valence-corrected chi connectivity index (χ4v) is 1.95. The fourth-order valence-electron chi connectivity index (χ4n) is 1.14. The predicted octanol–water partition coefficient (Wildman–Crippen LogP) is 1.55. The molecule has 0 unspecified atom stereocenters. The van der Waals surface area contributed by atoms with Crippen molar-refractivity contribution in [2.75, 3.05) is 0 Å². The van der Waals surface area contributed by atoms with Gasteiger partial charge >= 0.3 is 0 Å². The molecule has 0 saturated carbocycles. The summed E-state index contributed by atoms with van der Waals surface area (Å²) >= 11 is 1.71. The lowest BCUT2D eigenvalue weighted by Gasteiger charge is -1.92. The molecule has 0 aliphatic carbocycles. The zero-order chi connectivity index (χ0) is 9.10. The Bertz CT molecular complexity index is 381. The van der Waals surface area contributed by atoms with Crippen molar-refractivity contribution in [2.24, 2.45) is 0 Å². The van der Waals surface area contributed by atoms with E-state index < -0.39 is 0 Å². The second-order valence-corrected chi connectivity index (χ2v) is 3.86. The molecule has 0 amide bonds. The lowest BCUT2D eigenvalue weighted by molar-refractivity contribution is -0.385. The number of hydrogen-bond acceptors (Lipinski definition) is 2. The number of thiazole rings is 1. The van der Waals surface area contributed by atoms with Gasteiger partial charge < -0.3 is 5.73 Å². The van der Waals surface area contributed by atoms with Gasteiger partial charge in [0, 0.05) is 11.8 Å². The van der Waals surface area contributed by atoms with Crippen LogP contribution in [0.3, 0.4) is 0 Å². The first-order valence-electron chi connectivity index (χ1n) is 4.19. The highest BCUT2D eigenvalue weighted by Gasteiger charge is 2.02. The van der Waals surface area contributed by atoms with Gasteiger partial charge in [-0.1, -0.05) is 30.3 Å². The van der Waals surface area contributed by atoms with Crippen LogP contribution in [-0.4, -0.2) is 4.98 Å². The van der Waals surface area contributed by atoms with Crippen LogP contribution in [0.25, 0.3) is 10.6 Å². The Kier molecular flexibility index (Phi) is 2.38. The molecule has 0 radical (unpaired) electrons. The molecule has 2 rings (SSSR count). The van der Waals surface area contributed by atoms with E-state index in [9.17, 15) is 0 Å². The molecule has 1 aromatic carbocycles. The monoisotopic (exact) mass is 191 g/mol. The van der Waals surface area contributed by atoms with Gasteiger partial charge in [-0.15, -0.1) is 11.3 Å². The van der Waals surface area contributed by atoms with E-state index in [1.54, 1.807) is 11.3 Å². The number of hydrogen-bond donors (Lipinski definition) is 1. The Morgan fingerprint density at radius 3 is 2.62 bits per heavy atom. The highest BCUT2D eigenvalue weighted by molar-refractivity contribution is 7.15. The third-order valence-electron chi connectivity index (χ3n) is 1.82. The Morgan fingerprint density at radius 2 is 2.00 bits per heavy atom. The summed E-state index contributed by atoms with van der Waals surface area (Å²) in [6.45, 7) is 0.824. The van der Waals surface area contributed by atoms with E-state index in [4.69, 9.17) is 0 Å². The van der Waals surface area contributed by atoms with Crippen molar-refractivity contribution < 1.29 is 5.73 Å². The summed E-state index contributed by atoms with van der Waals surface area (Å²) in [4.78, 5) is 5.57. The molecule has 0 bridgehead atoms. The van der Waals surface area contributed by atoms with Crippen molar-refractivity contribution in [3.63, 3.8) is 0 Å². The molecule has 0 saturated heterocycles. The molecule has 66 valence electrons. The summed E-state index contributed by atoms with van der Waals surface area (Å²) in [5.41, 5.74) is 5.02. The topological polar surface area (TPSA) is 40.5 Å². The van der Waals surface area contributed by atoms with Gasteiger partial charge in [-0.2, -0.15) is 0 Å². The van der Waals surface area contributed by atoms with Crippen LogP contribution in [-0.2, 0) is 6.54 Å². The summed E-state index contributed by atoms with van der Waals surface area (Å²) in [5.74, 6) is 0. The highest BCUT2D eigenvalue weighted by atomic mass is 32.1. The van der Waals surface area contributed by atoms with E-state index in [0.29, 0.717) is 0 Å². The molecule has 1 heterocycles. The molecule has 0 fully saturated rings. The van der Waals surface area contributed by atoms with Gasteiger partial charge in [0.25, 0.3) is 0 Å². The van der Waals surface area contributed by atoms with Crippen LogP contribution in [0.5, 0.6) is 0 Å². The van der Waals surface area contributed by atoms with Crippen molar-refractivity contribution in [3.05, 3.63) is 41.4 Å². The standard InChI is InChI=1S/C10H10N2S/c11-6-9-7-12-10(13-9)8-4-2-1-3-5-8/h1-5,7H,6,11H2/p+1. The van der Waals surface area contributed by atoms with Crippen molar-refractivity contribution in [1.29, 1.82) is 0 Å². The predicted molar refractivity (Wildman–Crippen MR) is 54.1 cm³/mol. The van der Waals surface area contributed by atoms with Crippen molar-refractivity contribution in [1.82, 2.24) is 4.98 Å². The van der Waals surface area contributed by atoms with Crippen molar-refractivity contribution >= 4 is 11.3 Å². The van der Waals surface area contributed by atoms with Crippen LogP contribution in [0.1, 0.15) is 4.88 Å². The van der Waals surface area contributed by atoms with Gasteiger partial charge in [-0.25, -0.2) is 4.98 Å². The summed E-state index contributed by atoms with van der Waals surface area (Å²) in [5, 5.41) is 1.08. The van der Waals surface area contributed by atoms with Gasteiger partial charge in [0.1, 0.15) is 11.6 Å². The maximum Gasteiger partial charge on any atom is 0.123 e. The minimum atomic E-state index is 0.824. The van der Waals surface area contributed by atoms with E-state index in [1.807, 2.05) is 24.4 Å². The second-order valence-electron chi connectivity index (χ2n) is 2.75. The van der Waals surface area contributed by atoms with E-state index >= 15 is 0 Å². The largest absolute Gasteiger partial charge is 0.353 e. The second kappa shape index (κ2) is 3.68. The SMILES string of the molecule is [NH3+]Cc1cnc(-c2ccccc2)s1. The summed E-state index contributed by atoms with van der Waals surface area (Å²) in [7, 11) is 0. The lowest BCUT2D eigenvalue weighted by Crippen LogP contribution is -2.47. The third-order valence-corrected chi connectivity index (χ3v) is 2.93. The fraction of sp³-hybridized carbons (Fsp3) is 0.100. The van der Waals surface area contributed by atoms with Crippen LogP contribution in [0, 0.1) is 0 Å². The first-order valence-corrected chi connectivity index (χ1v) is 5.01. The average molecular weight is 191 g/mol. The van der Waals surface area contributed by atoms with E-state index in [1.165, 1.54) is 10.4 Å². The maximum absolute atomic E-state index is 4.34. The molecular weight excluding hydrogens is 180 g/mol. The first-order chi connectivity index (χ1) is 6.40. The van der Waals surface area contributed by atoms with Crippen LogP contribution in [0.4, 0.5) is 0 Å². The van der Waals surface area contributed by atoms with Crippen molar-refractivity contribution in [3.8, 4) is 10.6 Å². The Morgan fingerprint density at radius 1 is 1.23 bits per heavy atom. The van der Waals surface area contributed by atoms with E-state index in [2.05, 4.69) is 22.9 Å². The van der Waals surface area contributed by atoms with Crippen LogP contribution in [0.15, 0.2) is 36.5 Å². The molecule has 0 aliphatic rings. The van der Waals surface area contributed by atoms with Crippen LogP contribution >= 0.6 is 11.3 Å². The van der Waals surface area contributed by atoms with E-state index in [0.717, 1.165) is 11.6 Å². The zero-order valence-corrected chi connectivity index (χ0v) is 8.05. The lowest BCUT2D eigenvalue weighted by atomic mass is 10.2. The van der Waals surface area contributed by atoms with Crippen LogP contribution < -0.4 is 5.73 Å². The van der Waals surface area contributed by atoms with Gasteiger partial charge in [-0.05, 0) is 0 Å². The smallest absolute Gasteiger partial charge is 0.123 e. The summed E-state index contributed by atoms with van der Waals surface area (Å²) in [6.07, 6.45) is 1.90.